The summed E-state index contributed by atoms with van der Waals surface area (Å²) in [5, 5.41) is 29.9. The van der Waals surface area contributed by atoms with E-state index in [1.807, 2.05) is 5.32 Å². The Labute approximate surface area is 105 Å². The minimum absolute atomic E-state index is 0.494. The molecule has 8 nitrogen and oxygen atoms in total. The third-order valence-corrected chi connectivity index (χ3v) is 2.19. The van der Waals surface area contributed by atoms with Gasteiger partial charge >= 0.3 is 5.97 Å². The lowest BCUT2D eigenvalue weighted by atomic mass is 10.1. The molecule has 0 aliphatic carbocycles. The summed E-state index contributed by atoms with van der Waals surface area (Å²) in [6.07, 6.45) is 0. The molecule has 0 heterocycles. The SMILES string of the molecule is O=C(N[C@H](CO)C(=O)O)c1ccc(F)cc1[N+](=O)[O-]. The first kappa shape index (κ1) is 14.5. The number of hydrogen-bond donors (Lipinski definition) is 3. The van der Waals surface area contributed by atoms with Gasteiger partial charge in [-0.1, -0.05) is 0 Å². The first-order chi connectivity index (χ1) is 8.86. The van der Waals surface area contributed by atoms with E-state index in [9.17, 15) is 24.1 Å². The van der Waals surface area contributed by atoms with Crippen molar-refractivity contribution >= 4 is 17.6 Å². The minimum atomic E-state index is -1.60. The van der Waals surface area contributed by atoms with Crippen molar-refractivity contribution in [3.05, 3.63) is 39.7 Å². The Balaban J connectivity index is 3.06. The van der Waals surface area contributed by atoms with Crippen LogP contribution in [0.4, 0.5) is 10.1 Å². The summed E-state index contributed by atoms with van der Waals surface area (Å²) in [7, 11) is 0. The third kappa shape index (κ3) is 3.45. The summed E-state index contributed by atoms with van der Waals surface area (Å²) in [4.78, 5) is 31.9. The Morgan fingerprint density at radius 2 is 2.11 bits per heavy atom. The molecule has 1 atom stereocenters. The fourth-order valence-electron chi connectivity index (χ4n) is 1.27. The van der Waals surface area contributed by atoms with Crippen LogP contribution < -0.4 is 5.32 Å². The molecular formula is C10H9FN2O6. The molecule has 102 valence electrons. The maximum atomic E-state index is 12.9. The van der Waals surface area contributed by atoms with E-state index < -0.39 is 46.5 Å². The Kier molecular flexibility index (Phi) is 4.48. The van der Waals surface area contributed by atoms with Crippen LogP contribution in [0.25, 0.3) is 0 Å². The van der Waals surface area contributed by atoms with E-state index >= 15 is 0 Å². The molecular weight excluding hydrogens is 263 g/mol. The number of nitro benzene ring substituents is 1. The average molecular weight is 272 g/mol. The Morgan fingerprint density at radius 3 is 2.58 bits per heavy atom. The van der Waals surface area contributed by atoms with Crippen molar-refractivity contribution in [2.24, 2.45) is 0 Å². The number of nitro groups is 1. The monoisotopic (exact) mass is 272 g/mol. The van der Waals surface area contributed by atoms with Gasteiger partial charge in [-0.3, -0.25) is 14.9 Å². The van der Waals surface area contributed by atoms with Crippen molar-refractivity contribution < 1.29 is 29.1 Å². The van der Waals surface area contributed by atoms with Crippen LogP contribution in [-0.4, -0.2) is 39.7 Å². The molecule has 1 aromatic carbocycles. The minimum Gasteiger partial charge on any atom is -0.480 e. The fraction of sp³-hybridized carbons (Fsp3) is 0.200. The second kappa shape index (κ2) is 5.87. The first-order valence-electron chi connectivity index (χ1n) is 4.95. The summed E-state index contributed by atoms with van der Waals surface area (Å²) < 4.78 is 12.9. The molecule has 0 fully saturated rings. The van der Waals surface area contributed by atoms with Gasteiger partial charge in [0.2, 0.25) is 0 Å². The number of aliphatic hydroxyl groups excluding tert-OH is 1. The number of amides is 1. The van der Waals surface area contributed by atoms with E-state index in [-0.39, 0.29) is 0 Å². The van der Waals surface area contributed by atoms with Gasteiger partial charge in [0.15, 0.2) is 6.04 Å². The van der Waals surface area contributed by atoms with Crippen LogP contribution in [-0.2, 0) is 4.79 Å². The Hall–Kier alpha value is -2.55. The number of aliphatic hydroxyl groups is 1. The molecule has 0 aliphatic heterocycles. The Morgan fingerprint density at radius 1 is 1.47 bits per heavy atom. The maximum absolute atomic E-state index is 12.9. The molecule has 0 radical (unpaired) electrons. The molecule has 0 aliphatic rings. The molecule has 0 saturated heterocycles. The predicted octanol–water partition coefficient (Wildman–Crippen LogP) is -0.0908. The molecule has 3 N–H and O–H groups in total. The number of benzene rings is 1. The van der Waals surface area contributed by atoms with Gasteiger partial charge in [0.1, 0.15) is 11.4 Å². The maximum Gasteiger partial charge on any atom is 0.328 e. The summed E-state index contributed by atoms with van der Waals surface area (Å²) in [5.74, 6) is -3.49. The third-order valence-electron chi connectivity index (χ3n) is 2.19. The molecule has 0 saturated carbocycles. The van der Waals surface area contributed by atoms with Crippen LogP contribution in [0.3, 0.4) is 0 Å². The smallest absolute Gasteiger partial charge is 0.328 e. The van der Waals surface area contributed by atoms with E-state index in [2.05, 4.69) is 0 Å². The number of hydrogen-bond acceptors (Lipinski definition) is 5. The number of carboxylic acid groups (broad SMARTS) is 1. The van der Waals surface area contributed by atoms with Gasteiger partial charge in [0.25, 0.3) is 11.6 Å². The highest BCUT2D eigenvalue weighted by Crippen LogP contribution is 2.19. The van der Waals surface area contributed by atoms with E-state index in [1.54, 1.807) is 0 Å². The van der Waals surface area contributed by atoms with Crippen LogP contribution in [0, 0.1) is 15.9 Å². The lowest BCUT2D eigenvalue weighted by Crippen LogP contribution is -2.43. The highest BCUT2D eigenvalue weighted by atomic mass is 19.1. The zero-order chi connectivity index (χ0) is 14.6. The number of carbonyl (C=O) groups is 2. The Bertz CT molecular complexity index is 533. The van der Waals surface area contributed by atoms with Gasteiger partial charge in [-0.2, -0.15) is 0 Å². The predicted molar refractivity (Wildman–Crippen MR) is 59.0 cm³/mol. The topological polar surface area (TPSA) is 130 Å². The number of carboxylic acids is 1. The summed E-state index contributed by atoms with van der Waals surface area (Å²) >= 11 is 0. The van der Waals surface area contributed by atoms with Gasteiger partial charge < -0.3 is 15.5 Å². The number of rotatable bonds is 5. The van der Waals surface area contributed by atoms with Crippen LogP contribution in [0.2, 0.25) is 0 Å². The number of halogens is 1. The van der Waals surface area contributed by atoms with E-state index in [0.717, 1.165) is 12.1 Å². The molecule has 1 amide bonds. The van der Waals surface area contributed by atoms with Gasteiger partial charge in [-0.25, -0.2) is 9.18 Å². The van der Waals surface area contributed by atoms with Gasteiger partial charge in [0, 0.05) is 0 Å². The lowest BCUT2D eigenvalue weighted by molar-refractivity contribution is -0.385. The van der Waals surface area contributed by atoms with Crippen molar-refractivity contribution in [3.63, 3.8) is 0 Å². The zero-order valence-electron chi connectivity index (χ0n) is 9.37. The van der Waals surface area contributed by atoms with Crippen molar-refractivity contribution in [1.29, 1.82) is 0 Å². The molecule has 19 heavy (non-hydrogen) atoms. The second-order valence-electron chi connectivity index (χ2n) is 3.47. The van der Waals surface area contributed by atoms with Gasteiger partial charge in [-0.15, -0.1) is 0 Å². The standard InChI is InChI=1S/C10H9FN2O6/c11-5-1-2-6(8(3-5)13(18)19)9(15)12-7(4-14)10(16)17/h1-3,7,14H,4H2,(H,12,15)(H,16,17)/t7-/m1/s1. The van der Waals surface area contributed by atoms with Crippen LogP contribution in [0.15, 0.2) is 18.2 Å². The number of aliphatic carboxylic acids is 1. The quantitative estimate of drug-likeness (QED) is 0.507. The van der Waals surface area contributed by atoms with E-state index in [0.29, 0.717) is 6.07 Å². The van der Waals surface area contributed by atoms with Gasteiger partial charge in [0.05, 0.1) is 17.6 Å². The summed E-state index contributed by atoms with van der Waals surface area (Å²) in [6, 6.07) is 0.636. The molecule has 1 rings (SSSR count). The van der Waals surface area contributed by atoms with Crippen molar-refractivity contribution in [1.82, 2.24) is 5.32 Å². The highest BCUT2D eigenvalue weighted by molar-refractivity contribution is 5.99. The van der Waals surface area contributed by atoms with Crippen LogP contribution >= 0.6 is 0 Å². The molecule has 0 spiro atoms. The van der Waals surface area contributed by atoms with E-state index in [1.165, 1.54) is 0 Å². The normalized spacial score (nSPS) is 11.7. The molecule has 9 heteroatoms. The molecule has 0 bridgehead atoms. The zero-order valence-corrected chi connectivity index (χ0v) is 9.37. The van der Waals surface area contributed by atoms with Crippen molar-refractivity contribution in [2.45, 2.75) is 6.04 Å². The second-order valence-corrected chi connectivity index (χ2v) is 3.47. The molecule has 0 aromatic heterocycles. The number of nitrogens with zero attached hydrogens (tertiary/aromatic N) is 1. The summed E-state index contributed by atoms with van der Waals surface area (Å²) in [5.41, 5.74) is -1.29. The largest absolute Gasteiger partial charge is 0.480 e. The lowest BCUT2D eigenvalue weighted by Gasteiger charge is -2.11. The van der Waals surface area contributed by atoms with E-state index in [4.69, 9.17) is 10.2 Å². The summed E-state index contributed by atoms with van der Waals surface area (Å²) in [6.45, 7) is -0.879. The molecule has 0 unspecified atom stereocenters. The van der Waals surface area contributed by atoms with Crippen LogP contribution in [0.1, 0.15) is 10.4 Å². The molecule has 1 aromatic rings. The van der Waals surface area contributed by atoms with Gasteiger partial charge in [-0.05, 0) is 12.1 Å². The fourth-order valence-corrected chi connectivity index (χ4v) is 1.27. The van der Waals surface area contributed by atoms with Crippen molar-refractivity contribution in [3.8, 4) is 0 Å². The van der Waals surface area contributed by atoms with Crippen molar-refractivity contribution in [2.75, 3.05) is 6.61 Å². The highest BCUT2D eigenvalue weighted by Gasteiger charge is 2.25. The first-order valence-corrected chi connectivity index (χ1v) is 4.95. The average Bonchev–Trinajstić information content (AvgIpc) is 2.34. The number of carbonyl (C=O) groups excluding carboxylic acids is 1. The number of nitrogens with one attached hydrogen (secondary N) is 1. The van der Waals surface area contributed by atoms with Crippen LogP contribution in [0.5, 0.6) is 0 Å².